The fourth-order valence-electron chi connectivity index (χ4n) is 2.09. The summed E-state index contributed by atoms with van der Waals surface area (Å²) in [4.78, 5) is 11.9. The first-order valence-corrected chi connectivity index (χ1v) is 6.21. The quantitative estimate of drug-likeness (QED) is 0.788. The molecule has 1 saturated carbocycles. The molecule has 0 aromatic heterocycles. The van der Waals surface area contributed by atoms with E-state index < -0.39 is 0 Å². The number of rotatable bonds is 2. The van der Waals surface area contributed by atoms with E-state index in [1.54, 1.807) is 0 Å². The molecule has 1 aliphatic rings. The van der Waals surface area contributed by atoms with E-state index in [1.807, 2.05) is 30.3 Å². The Hall–Kier alpha value is -1.02. The standard InChI is InChI=1S/C13H16ClNO/c14-11-8-4-5-9-12(11)15-13(16)10-6-2-1-3-7-10/h1-3,6-7,11-12H,4-5,8-9H2,(H,15,16)/t11-,12?/m1/s1. The summed E-state index contributed by atoms with van der Waals surface area (Å²) in [6, 6.07) is 9.41. The van der Waals surface area contributed by atoms with Crippen molar-refractivity contribution in [2.45, 2.75) is 37.1 Å². The van der Waals surface area contributed by atoms with Gasteiger partial charge in [0, 0.05) is 11.6 Å². The van der Waals surface area contributed by atoms with Crippen LogP contribution >= 0.6 is 11.6 Å². The number of alkyl halides is 1. The average molecular weight is 238 g/mol. The molecular formula is C13H16ClNO. The van der Waals surface area contributed by atoms with Crippen LogP contribution in [-0.2, 0) is 0 Å². The van der Waals surface area contributed by atoms with E-state index in [1.165, 1.54) is 6.42 Å². The average Bonchev–Trinajstić information content (AvgIpc) is 2.33. The zero-order chi connectivity index (χ0) is 11.4. The summed E-state index contributed by atoms with van der Waals surface area (Å²) < 4.78 is 0. The lowest BCUT2D eigenvalue weighted by molar-refractivity contribution is 0.0928. The Bertz CT molecular complexity index is 352. The Morgan fingerprint density at radius 3 is 2.56 bits per heavy atom. The number of benzene rings is 1. The molecule has 1 aliphatic carbocycles. The number of carbonyl (C=O) groups excluding carboxylic acids is 1. The van der Waals surface area contributed by atoms with Gasteiger partial charge in [0.05, 0.1) is 5.38 Å². The normalized spacial score (nSPS) is 25.1. The lowest BCUT2D eigenvalue weighted by Gasteiger charge is -2.27. The van der Waals surface area contributed by atoms with Gasteiger partial charge in [-0.3, -0.25) is 4.79 Å². The number of carbonyl (C=O) groups is 1. The molecule has 2 nitrogen and oxygen atoms in total. The highest BCUT2D eigenvalue weighted by Crippen LogP contribution is 2.23. The molecule has 1 unspecified atom stereocenters. The molecule has 2 rings (SSSR count). The van der Waals surface area contributed by atoms with E-state index in [-0.39, 0.29) is 17.3 Å². The molecule has 2 atom stereocenters. The van der Waals surface area contributed by atoms with Crippen molar-refractivity contribution in [2.24, 2.45) is 0 Å². The molecule has 3 heteroatoms. The van der Waals surface area contributed by atoms with Crippen LogP contribution in [0.25, 0.3) is 0 Å². The predicted octanol–water partition coefficient (Wildman–Crippen LogP) is 2.97. The van der Waals surface area contributed by atoms with Crippen molar-refractivity contribution >= 4 is 17.5 Å². The Labute approximate surface area is 101 Å². The Kier molecular flexibility index (Phi) is 3.83. The molecule has 1 N–H and O–H groups in total. The number of hydrogen-bond donors (Lipinski definition) is 1. The molecule has 1 amide bonds. The molecule has 1 aromatic rings. The maximum absolute atomic E-state index is 11.9. The molecule has 1 fully saturated rings. The molecule has 0 bridgehead atoms. The Morgan fingerprint density at radius 1 is 1.19 bits per heavy atom. The minimum absolute atomic E-state index is 0.0156. The van der Waals surface area contributed by atoms with Crippen molar-refractivity contribution in [2.75, 3.05) is 0 Å². The topological polar surface area (TPSA) is 29.1 Å². The molecule has 0 spiro atoms. The van der Waals surface area contributed by atoms with Gasteiger partial charge < -0.3 is 5.32 Å². The van der Waals surface area contributed by atoms with Crippen molar-refractivity contribution in [3.05, 3.63) is 35.9 Å². The van der Waals surface area contributed by atoms with E-state index in [4.69, 9.17) is 11.6 Å². The van der Waals surface area contributed by atoms with Gasteiger partial charge in [-0.15, -0.1) is 11.6 Å². The summed E-state index contributed by atoms with van der Waals surface area (Å²) in [6.07, 6.45) is 4.32. The highest BCUT2D eigenvalue weighted by molar-refractivity contribution is 6.21. The highest BCUT2D eigenvalue weighted by Gasteiger charge is 2.24. The fourth-order valence-corrected chi connectivity index (χ4v) is 2.43. The van der Waals surface area contributed by atoms with Crippen LogP contribution in [0.2, 0.25) is 0 Å². The van der Waals surface area contributed by atoms with Gasteiger partial charge in [0.1, 0.15) is 0 Å². The van der Waals surface area contributed by atoms with Crippen LogP contribution in [0.5, 0.6) is 0 Å². The molecule has 1 aromatic carbocycles. The number of halogens is 1. The highest BCUT2D eigenvalue weighted by atomic mass is 35.5. The summed E-state index contributed by atoms with van der Waals surface area (Å²) in [5.74, 6) is -0.0156. The van der Waals surface area contributed by atoms with Gasteiger partial charge in [-0.1, -0.05) is 31.0 Å². The number of nitrogens with one attached hydrogen (secondary N) is 1. The summed E-state index contributed by atoms with van der Waals surface area (Å²) in [5, 5.41) is 3.10. The Morgan fingerprint density at radius 2 is 1.88 bits per heavy atom. The lowest BCUT2D eigenvalue weighted by Crippen LogP contribution is -2.42. The zero-order valence-electron chi connectivity index (χ0n) is 9.16. The van der Waals surface area contributed by atoms with Crippen molar-refractivity contribution in [3.63, 3.8) is 0 Å². The first-order valence-electron chi connectivity index (χ1n) is 5.77. The second-order valence-electron chi connectivity index (χ2n) is 4.25. The minimum atomic E-state index is -0.0156. The molecular weight excluding hydrogens is 222 g/mol. The van der Waals surface area contributed by atoms with Crippen molar-refractivity contribution in [1.29, 1.82) is 0 Å². The van der Waals surface area contributed by atoms with E-state index in [2.05, 4.69) is 5.32 Å². The minimum Gasteiger partial charge on any atom is -0.348 e. The monoisotopic (exact) mass is 237 g/mol. The van der Waals surface area contributed by atoms with E-state index in [9.17, 15) is 4.79 Å². The smallest absolute Gasteiger partial charge is 0.251 e. The molecule has 0 radical (unpaired) electrons. The zero-order valence-corrected chi connectivity index (χ0v) is 9.91. The molecule has 0 heterocycles. The van der Waals surface area contributed by atoms with Crippen LogP contribution in [0.3, 0.4) is 0 Å². The number of amides is 1. The van der Waals surface area contributed by atoms with Gasteiger partial charge in [0.25, 0.3) is 5.91 Å². The van der Waals surface area contributed by atoms with Crippen molar-refractivity contribution < 1.29 is 4.79 Å². The molecule has 86 valence electrons. The molecule has 0 saturated heterocycles. The van der Waals surface area contributed by atoms with Crippen LogP contribution in [0.15, 0.2) is 30.3 Å². The van der Waals surface area contributed by atoms with Gasteiger partial charge in [0.2, 0.25) is 0 Å². The van der Waals surface area contributed by atoms with Gasteiger partial charge >= 0.3 is 0 Å². The summed E-state index contributed by atoms with van der Waals surface area (Å²) in [6.45, 7) is 0. The largest absolute Gasteiger partial charge is 0.348 e. The van der Waals surface area contributed by atoms with Crippen LogP contribution in [0.1, 0.15) is 36.0 Å². The number of hydrogen-bond acceptors (Lipinski definition) is 1. The first-order chi connectivity index (χ1) is 7.77. The van der Waals surface area contributed by atoms with E-state index in [0.29, 0.717) is 5.56 Å². The van der Waals surface area contributed by atoms with E-state index >= 15 is 0 Å². The fraction of sp³-hybridized carbons (Fsp3) is 0.462. The van der Waals surface area contributed by atoms with Crippen LogP contribution in [-0.4, -0.2) is 17.3 Å². The predicted molar refractivity (Wildman–Crippen MR) is 65.8 cm³/mol. The summed E-state index contributed by atoms with van der Waals surface area (Å²) in [7, 11) is 0. The van der Waals surface area contributed by atoms with Gasteiger partial charge in [-0.05, 0) is 25.0 Å². The second kappa shape index (κ2) is 5.35. The summed E-state index contributed by atoms with van der Waals surface area (Å²) >= 11 is 6.20. The van der Waals surface area contributed by atoms with Gasteiger partial charge in [-0.25, -0.2) is 0 Å². The molecule has 0 aliphatic heterocycles. The van der Waals surface area contributed by atoms with Gasteiger partial charge in [-0.2, -0.15) is 0 Å². The maximum atomic E-state index is 11.9. The Balaban J connectivity index is 1.96. The lowest BCUT2D eigenvalue weighted by atomic mass is 9.94. The van der Waals surface area contributed by atoms with Crippen LogP contribution < -0.4 is 5.32 Å². The van der Waals surface area contributed by atoms with Crippen molar-refractivity contribution in [3.8, 4) is 0 Å². The first kappa shape index (κ1) is 11.5. The third-order valence-corrected chi connectivity index (χ3v) is 3.56. The second-order valence-corrected chi connectivity index (χ2v) is 4.81. The van der Waals surface area contributed by atoms with Crippen molar-refractivity contribution in [1.82, 2.24) is 5.32 Å². The maximum Gasteiger partial charge on any atom is 0.251 e. The third-order valence-electron chi connectivity index (χ3n) is 3.03. The third kappa shape index (κ3) is 2.76. The van der Waals surface area contributed by atoms with Crippen LogP contribution in [0.4, 0.5) is 0 Å². The van der Waals surface area contributed by atoms with Gasteiger partial charge in [0.15, 0.2) is 0 Å². The summed E-state index contributed by atoms with van der Waals surface area (Å²) in [5.41, 5.74) is 0.706. The van der Waals surface area contributed by atoms with Crippen LogP contribution in [0, 0.1) is 0 Å². The molecule has 16 heavy (non-hydrogen) atoms. The van der Waals surface area contributed by atoms with E-state index in [0.717, 1.165) is 19.3 Å². The SMILES string of the molecule is O=C(NC1CCCC[C@H]1Cl)c1ccccc1.